The number of hydrogen-bond donors (Lipinski definition) is 3. The predicted octanol–water partition coefficient (Wildman–Crippen LogP) is 2.79. The second-order valence-corrected chi connectivity index (χ2v) is 8.46. The number of nitrogens with zero attached hydrogens (tertiary/aromatic N) is 3. The van der Waals surface area contributed by atoms with Gasteiger partial charge < -0.3 is 20.1 Å². The van der Waals surface area contributed by atoms with Crippen molar-refractivity contribution in [1.82, 2.24) is 20.1 Å². The van der Waals surface area contributed by atoms with Gasteiger partial charge in [-0.1, -0.05) is 0 Å². The van der Waals surface area contributed by atoms with E-state index in [1.165, 1.54) is 6.07 Å². The lowest BCUT2D eigenvalue weighted by atomic mass is 9.92. The molecule has 1 fully saturated rings. The van der Waals surface area contributed by atoms with E-state index in [9.17, 15) is 41.0 Å². The molecular formula is C22H25F6N5O4. The summed E-state index contributed by atoms with van der Waals surface area (Å²) in [6.45, 7) is -0.123. The van der Waals surface area contributed by atoms with E-state index in [4.69, 9.17) is 4.74 Å². The van der Waals surface area contributed by atoms with E-state index in [1.807, 2.05) is 0 Å². The molecule has 0 unspecified atom stereocenters. The third-order valence-electron chi connectivity index (χ3n) is 5.88. The lowest BCUT2D eigenvalue weighted by Crippen LogP contribution is -2.38. The van der Waals surface area contributed by atoms with Crippen molar-refractivity contribution in [2.75, 3.05) is 38.2 Å². The molecule has 2 aromatic rings. The standard InChI is InChI=1S/C22H25F6N5O4/c23-21(24,25)14-1-2-16(29-9-14)13-3-6-33(7-4-13)18(35)5-8-37-12-15(11-34)31-17-10-30-32-20(36)19(17)22(26,27)28/h1-2,9-10,13,15,34H,3-8,11-12H2,(H2,31,32,36)/t15-/m0/s1. The second-order valence-electron chi connectivity index (χ2n) is 8.46. The van der Waals surface area contributed by atoms with Gasteiger partial charge in [-0.05, 0) is 25.0 Å². The van der Waals surface area contributed by atoms with E-state index < -0.39 is 47.4 Å². The molecule has 3 N–H and O–H groups in total. The van der Waals surface area contributed by atoms with Crippen LogP contribution in [0.1, 0.15) is 42.0 Å². The van der Waals surface area contributed by atoms with Crippen LogP contribution in [0.25, 0.3) is 0 Å². The molecular weight excluding hydrogens is 512 g/mol. The Balaban J connectivity index is 1.43. The summed E-state index contributed by atoms with van der Waals surface area (Å²) < 4.78 is 82.9. The van der Waals surface area contributed by atoms with Gasteiger partial charge in [0.25, 0.3) is 5.56 Å². The number of aliphatic hydroxyl groups is 1. The van der Waals surface area contributed by atoms with Gasteiger partial charge in [0.05, 0.1) is 49.7 Å². The van der Waals surface area contributed by atoms with Crippen molar-refractivity contribution in [1.29, 1.82) is 0 Å². The van der Waals surface area contributed by atoms with Crippen molar-refractivity contribution in [2.45, 2.75) is 43.6 Å². The maximum absolute atomic E-state index is 13.1. The SMILES string of the molecule is O=C(CCOC[C@H](CO)Nc1cn[nH]c(=O)c1C(F)(F)F)N1CCC(c2ccc(C(F)(F)F)cn2)CC1. The zero-order valence-electron chi connectivity index (χ0n) is 19.4. The first kappa shape index (κ1) is 28.4. The molecule has 0 saturated carbocycles. The maximum Gasteiger partial charge on any atom is 0.423 e. The van der Waals surface area contributed by atoms with Gasteiger partial charge in [0.1, 0.15) is 5.56 Å². The number of rotatable bonds is 9. The van der Waals surface area contributed by atoms with E-state index in [-0.39, 0.29) is 31.5 Å². The number of carbonyl (C=O) groups excluding carboxylic acids is 1. The summed E-state index contributed by atoms with van der Waals surface area (Å²) >= 11 is 0. The molecule has 1 atom stereocenters. The molecule has 0 aliphatic carbocycles. The Kier molecular flexibility index (Phi) is 9.12. The summed E-state index contributed by atoms with van der Waals surface area (Å²) in [5, 5.41) is 16.9. The molecule has 1 aliphatic rings. The molecule has 1 saturated heterocycles. The highest BCUT2D eigenvalue weighted by molar-refractivity contribution is 5.76. The quantitative estimate of drug-likeness (QED) is 0.332. The number of ether oxygens (including phenoxy) is 1. The predicted molar refractivity (Wildman–Crippen MR) is 118 cm³/mol. The van der Waals surface area contributed by atoms with E-state index >= 15 is 0 Å². The van der Waals surface area contributed by atoms with Crippen molar-refractivity contribution in [3.63, 3.8) is 0 Å². The first-order valence-corrected chi connectivity index (χ1v) is 11.3. The number of hydrogen-bond acceptors (Lipinski definition) is 7. The summed E-state index contributed by atoms with van der Waals surface area (Å²) in [5.74, 6) is -0.286. The normalized spacial score (nSPS) is 16.0. The largest absolute Gasteiger partial charge is 0.423 e. The highest BCUT2D eigenvalue weighted by Gasteiger charge is 2.38. The zero-order chi connectivity index (χ0) is 27.2. The molecule has 15 heteroatoms. The molecule has 204 valence electrons. The number of aromatic nitrogens is 3. The third kappa shape index (κ3) is 7.64. The highest BCUT2D eigenvalue weighted by Crippen LogP contribution is 2.32. The monoisotopic (exact) mass is 537 g/mol. The van der Waals surface area contributed by atoms with E-state index in [0.29, 0.717) is 31.6 Å². The van der Waals surface area contributed by atoms with Crippen LogP contribution in [-0.4, -0.2) is 70.0 Å². The lowest BCUT2D eigenvalue weighted by molar-refractivity contribution is -0.138. The van der Waals surface area contributed by atoms with Gasteiger partial charge in [-0.15, -0.1) is 0 Å². The Bertz CT molecular complexity index is 1100. The van der Waals surface area contributed by atoms with Crippen LogP contribution in [-0.2, 0) is 21.9 Å². The van der Waals surface area contributed by atoms with Crippen molar-refractivity contribution in [2.24, 2.45) is 0 Å². The molecule has 2 aromatic heterocycles. The fraction of sp³-hybridized carbons (Fsp3) is 0.545. The molecule has 1 aliphatic heterocycles. The Morgan fingerprint density at radius 2 is 1.86 bits per heavy atom. The second kappa shape index (κ2) is 11.9. The average Bonchev–Trinajstić information content (AvgIpc) is 2.84. The maximum atomic E-state index is 13.1. The number of H-pyrrole nitrogens is 1. The van der Waals surface area contributed by atoms with Crippen LogP contribution in [0.5, 0.6) is 0 Å². The Morgan fingerprint density at radius 1 is 1.16 bits per heavy atom. The van der Waals surface area contributed by atoms with Gasteiger partial charge in [-0.25, -0.2) is 5.10 Å². The number of pyridine rings is 1. The fourth-order valence-corrected chi connectivity index (χ4v) is 3.93. The van der Waals surface area contributed by atoms with Gasteiger partial charge in [-0.3, -0.25) is 14.6 Å². The first-order chi connectivity index (χ1) is 17.4. The van der Waals surface area contributed by atoms with Crippen LogP contribution in [0.4, 0.5) is 32.0 Å². The van der Waals surface area contributed by atoms with Crippen LogP contribution in [0.2, 0.25) is 0 Å². The Labute approximate surface area is 206 Å². The number of likely N-dealkylation sites (tertiary alicyclic amines) is 1. The smallest absolute Gasteiger partial charge is 0.394 e. The van der Waals surface area contributed by atoms with Gasteiger partial charge in [0, 0.05) is 30.9 Å². The van der Waals surface area contributed by atoms with Crippen molar-refractivity contribution in [3.8, 4) is 0 Å². The summed E-state index contributed by atoms with van der Waals surface area (Å²) in [5.41, 5.74) is -3.81. The minimum absolute atomic E-state index is 0.0122. The van der Waals surface area contributed by atoms with Crippen LogP contribution >= 0.6 is 0 Å². The molecule has 9 nitrogen and oxygen atoms in total. The minimum Gasteiger partial charge on any atom is -0.394 e. The van der Waals surface area contributed by atoms with Crippen molar-refractivity contribution in [3.05, 3.63) is 51.7 Å². The van der Waals surface area contributed by atoms with Crippen molar-refractivity contribution < 1.29 is 41.0 Å². The molecule has 0 bridgehead atoms. The van der Waals surface area contributed by atoms with Gasteiger partial charge >= 0.3 is 12.4 Å². The van der Waals surface area contributed by atoms with Crippen LogP contribution < -0.4 is 10.9 Å². The number of alkyl halides is 6. The van der Waals surface area contributed by atoms with Crippen LogP contribution in [0.15, 0.2) is 29.3 Å². The molecule has 3 heterocycles. The van der Waals surface area contributed by atoms with Crippen molar-refractivity contribution >= 4 is 11.6 Å². The van der Waals surface area contributed by atoms with Gasteiger partial charge in [0.2, 0.25) is 5.91 Å². The topological polar surface area (TPSA) is 120 Å². The van der Waals surface area contributed by atoms with E-state index in [1.54, 1.807) is 10.00 Å². The number of amides is 1. The number of halogens is 6. The molecule has 3 rings (SSSR count). The number of carbonyl (C=O) groups is 1. The Morgan fingerprint density at radius 3 is 2.43 bits per heavy atom. The van der Waals surface area contributed by atoms with E-state index in [2.05, 4.69) is 15.4 Å². The summed E-state index contributed by atoms with van der Waals surface area (Å²) in [6, 6.07) is 1.35. The van der Waals surface area contributed by atoms with Gasteiger partial charge in [-0.2, -0.15) is 31.4 Å². The van der Waals surface area contributed by atoms with Gasteiger partial charge in [0.15, 0.2) is 0 Å². The number of piperidine rings is 1. The molecule has 0 aromatic carbocycles. The minimum atomic E-state index is -4.94. The summed E-state index contributed by atoms with van der Waals surface area (Å²) in [6.07, 6.45) is -6.76. The Hall–Kier alpha value is -3.20. The number of nitrogens with one attached hydrogen (secondary N) is 2. The third-order valence-corrected chi connectivity index (χ3v) is 5.88. The zero-order valence-corrected chi connectivity index (χ0v) is 19.4. The van der Waals surface area contributed by atoms with E-state index in [0.717, 1.165) is 18.5 Å². The fourth-order valence-electron chi connectivity index (χ4n) is 3.93. The highest BCUT2D eigenvalue weighted by atomic mass is 19.4. The first-order valence-electron chi connectivity index (χ1n) is 11.3. The molecule has 0 spiro atoms. The number of aliphatic hydroxyl groups excluding tert-OH is 1. The number of aromatic amines is 1. The average molecular weight is 537 g/mol. The number of anilines is 1. The summed E-state index contributed by atoms with van der Waals surface area (Å²) in [4.78, 5) is 29.5. The van der Waals surface area contributed by atoms with Crippen LogP contribution in [0, 0.1) is 0 Å². The van der Waals surface area contributed by atoms with Crippen LogP contribution in [0.3, 0.4) is 0 Å². The molecule has 1 amide bonds. The molecule has 0 radical (unpaired) electrons. The summed E-state index contributed by atoms with van der Waals surface area (Å²) in [7, 11) is 0. The lowest BCUT2D eigenvalue weighted by Gasteiger charge is -2.32. The molecule has 37 heavy (non-hydrogen) atoms.